The van der Waals surface area contributed by atoms with E-state index in [1.807, 2.05) is 0 Å². The molecule has 0 bridgehead atoms. The maximum atomic E-state index is 11.7. The van der Waals surface area contributed by atoms with E-state index in [1.54, 1.807) is 5.38 Å². The van der Waals surface area contributed by atoms with Gasteiger partial charge in [0, 0.05) is 18.5 Å². The molecule has 0 aromatic carbocycles. The van der Waals surface area contributed by atoms with E-state index < -0.39 is 0 Å². The van der Waals surface area contributed by atoms with Crippen LogP contribution in [0.1, 0.15) is 5.69 Å². The normalized spacial score (nSPS) is 15.5. The van der Waals surface area contributed by atoms with Crippen molar-refractivity contribution in [3.8, 4) is 0 Å². The fourth-order valence-electron chi connectivity index (χ4n) is 1.49. The summed E-state index contributed by atoms with van der Waals surface area (Å²) in [5.41, 5.74) is 6.20. The van der Waals surface area contributed by atoms with Gasteiger partial charge in [0.1, 0.15) is 6.54 Å². The summed E-state index contributed by atoms with van der Waals surface area (Å²) in [6.07, 6.45) is 0. The molecule has 7 nitrogen and oxygen atoms in total. The van der Waals surface area contributed by atoms with E-state index in [2.05, 4.69) is 15.6 Å². The summed E-state index contributed by atoms with van der Waals surface area (Å²) in [5, 5.41) is 7.62. The number of nitrogen functional groups attached to an aromatic ring is 1. The Bertz CT molecular complexity index is 433. The SMILES string of the molecule is Nc1nc(CNC(=O)N2CCNC(=O)C2)cs1. The fraction of sp³-hybridized carbons (Fsp3) is 0.444. The molecule has 1 aromatic rings. The number of carbonyl (C=O) groups excluding carboxylic acids is 2. The monoisotopic (exact) mass is 255 g/mol. The number of rotatable bonds is 2. The number of thiazole rings is 1. The molecule has 0 unspecified atom stereocenters. The number of carbonyl (C=O) groups is 2. The molecule has 0 radical (unpaired) electrons. The first-order valence-electron chi connectivity index (χ1n) is 5.14. The highest BCUT2D eigenvalue weighted by molar-refractivity contribution is 7.13. The zero-order chi connectivity index (χ0) is 12.3. The average molecular weight is 255 g/mol. The lowest BCUT2D eigenvalue weighted by Gasteiger charge is -2.26. The minimum atomic E-state index is -0.258. The summed E-state index contributed by atoms with van der Waals surface area (Å²) in [6, 6.07) is -0.258. The summed E-state index contributed by atoms with van der Waals surface area (Å²) in [6.45, 7) is 1.45. The van der Waals surface area contributed by atoms with E-state index in [9.17, 15) is 9.59 Å². The van der Waals surface area contributed by atoms with Crippen LogP contribution in [0.4, 0.5) is 9.93 Å². The summed E-state index contributed by atoms with van der Waals surface area (Å²) in [7, 11) is 0. The third-order valence-corrected chi connectivity index (χ3v) is 3.04. The van der Waals surface area contributed by atoms with E-state index >= 15 is 0 Å². The lowest BCUT2D eigenvalue weighted by molar-refractivity contribution is -0.123. The van der Waals surface area contributed by atoms with Gasteiger partial charge in [-0.3, -0.25) is 4.79 Å². The van der Waals surface area contributed by atoms with Crippen LogP contribution in [0.5, 0.6) is 0 Å². The molecule has 92 valence electrons. The van der Waals surface area contributed by atoms with Gasteiger partial charge < -0.3 is 21.3 Å². The first-order valence-corrected chi connectivity index (χ1v) is 6.02. The molecule has 1 aliphatic heterocycles. The number of urea groups is 1. The van der Waals surface area contributed by atoms with Crippen LogP contribution in [0.2, 0.25) is 0 Å². The van der Waals surface area contributed by atoms with Crippen LogP contribution < -0.4 is 16.4 Å². The number of nitrogens with zero attached hydrogens (tertiary/aromatic N) is 2. The summed E-state index contributed by atoms with van der Waals surface area (Å²) >= 11 is 1.33. The van der Waals surface area contributed by atoms with Crippen LogP contribution in [0.15, 0.2) is 5.38 Å². The molecule has 3 amide bonds. The third kappa shape index (κ3) is 3.06. The lowest BCUT2D eigenvalue weighted by atomic mass is 10.4. The molecule has 17 heavy (non-hydrogen) atoms. The molecule has 1 fully saturated rings. The Hall–Kier alpha value is -1.83. The van der Waals surface area contributed by atoms with Gasteiger partial charge in [-0.1, -0.05) is 0 Å². The number of hydrogen-bond acceptors (Lipinski definition) is 5. The number of anilines is 1. The second-order valence-electron chi connectivity index (χ2n) is 3.61. The molecule has 0 atom stereocenters. The van der Waals surface area contributed by atoms with Crippen molar-refractivity contribution in [2.24, 2.45) is 0 Å². The first-order chi connectivity index (χ1) is 8.15. The lowest BCUT2D eigenvalue weighted by Crippen LogP contribution is -2.52. The molecule has 8 heteroatoms. The third-order valence-electron chi connectivity index (χ3n) is 2.32. The van der Waals surface area contributed by atoms with E-state index in [0.717, 1.165) is 5.69 Å². The quantitative estimate of drug-likeness (QED) is 0.654. The van der Waals surface area contributed by atoms with E-state index in [-0.39, 0.29) is 18.5 Å². The molecular weight excluding hydrogens is 242 g/mol. The Morgan fingerprint density at radius 3 is 3.18 bits per heavy atom. The summed E-state index contributed by atoms with van der Waals surface area (Å²) < 4.78 is 0. The number of amides is 3. The molecule has 0 saturated carbocycles. The van der Waals surface area contributed by atoms with Crippen LogP contribution in [-0.2, 0) is 11.3 Å². The van der Waals surface area contributed by atoms with Gasteiger partial charge in [0.25, 0.3) is 0 Å². The highest BCUT2D eigenvalue weighted by Gasteiger charge is 2.20. The van der Waals surface area contributed by atoms with Gasteiger partial charge in [0.2, 0.25) is 5.91 Å². The van der Waals surface area contributed by atoms with Gasteiger partial charge in [0.05, 0.1) is 12.2 Å². The summed E-state index contributed by atoms with van der Waals surface area (Å²) in [4.78, 5) is 28.3. The van der Waals surface area contributed by atoms with Gasteiger partial charge in [0.15, 0.2) is 5.13 Å². The predicted octanol–water partition coefficient (Wildman–Crippen LogP) is -0.633. The number of nitrogens with two attached hydrogens (primary N) is 1. The average Bonchev–Trinajstić information content (AvgIpc) is 2.72. The van der Waals surface area contributed by atoms with Crippen molar-refractivity contribution >= 4 is 28.4 Å². The molecule has 2 rings (SSSR count). The van der Waals surface area contributed by atoms with Crippen LogP contribution in [0, 0.1) is 0 Å². The van der Waals surface area contributed by atoms with Gasteiger partial charge in [-0.15, -0.1) is 11.3 Å². The Labute approximate surface area is 102 Å². The zero-order valence-electron chi connectivity index (χ0n) is 9.10. The Balaban J connectivity index is 1.82. The maximum Gasteiger partial charge on any atom is 0.318 e. The highest BCUT2D eigenvalue weighted by Crippen LogP contribution is 2.10. The topological polar surface area (TPSA) is 100 Å². The molecule has 1 aliphatic rings. The van der Waals surface area contributed by atoms with Crippen molar-refractivity contribution in [3.63, 3.8) is 0 Å². The molecule has 4 N–H and O–H groups in total. The van der Waals surface area contributed by atoms with Gasteiger partial charge >= 0.3 is 6.03 Å². The van der Waals surface area contributed by atoms with E-state index in [1.165, 1.54) is 16.2 Å². The number of aromatic nitrogens is 1. The van der Waals surface area contributed by atoms with E-state index in [0.29, 0.717) is 24.8 Å². The first kappa shape index (κ1) is 11.6. The van der Waals surface area contributed by atoms with Crippen LogP contribution in [-0.4, -0.2) is 41.5 Å². The smallest absolute Gasteiger partial charge is 0.318 e. The Morgan fingerprint density at radius 2 is 2.53 bits per heavy atom. The van der Waals surface area contributed by atoms with Crippen molar-refractivity contribution in [1.29, 1.82) is 0 Å². The second kappa shape index (κ2) is 5.00. The predicted molar refractivity (Wildman–Crippen MR) is 63.3 cm³/mol. The number of piperazine rings is 1. The summed E-state index contributed by atoms with van der Waals surface area (Å²) in [5.74, 6) is -0.135. The van der Waals surface area contributed by atoms with Crippen LogP contribution in [0.3, 0.4) is 0 Å². The molecule has 0 aliphatic carbocycles. The standard InChI is InChI=1S/C9H13N5O2S/c10-8-13-6(5-17-8)3-12-9(16)14-2-1-11-7(15)4-14/h5H,1-4H2,(H2,10,13)(H,11,15)(H,12,16). The minimum absolute atomic E-state index is 0.102. The zero-order valence-corrected chi connectivity index (χ0v) is 9.92. The van der Waals surface area contributed by atoms with Gasteiger partial charge in [-0.2, -0.15) is 0 Å². The molecule has 1 aromatic heterocycles. The number of hydrogen-bond donors (Lipinski definition) is 3. The van der Waals surface area contributed by atoms with E-state index in [4.69, 9.17) is 5.73 Å². The van der Waals surface area contributed by atoms with Crippen molar-refractivity contribution < 1.29 is 9.59 Å². The second-order valence-corrected chi connectivity index (χ2v) is 4.50. The molecule has 0 spiro atoms. The maximum absolute atomic E-state index is 11.7. The van der Waals surface area contributed by atoms with Gasteiger partial charge in [-0.25, -0.2) is 9.78 Å². The van der Waals surface area contributed by atoms with Crippen molar-refractivity contribution in [2.45, 2.75) is 6.54 Å². The Kier molecular flexibility index (Phi) is 3.43. The van der Waals surface area contributed by atoms with Crippen molar-refractivity contribution in [2.75, 3.05) is 25.4 Å². The van der Waals surface area contributed by atoms with Gasteiger partial charge in [-0.05, 0) is 0 Å². The minimum Gasteiger partial charge on any atom is -0.375 e. The Morgan fingerprint density at radius 1 is 1.71 bits per heavy atom. The van der Waals surface area contributed by atoms with Crippen molar-refractivity contribution in [3.05, 3.63) is 11.1 Å². The molecule has 1 saturated heterocycles. The largest absolute Gasteiger partial charge is 0.375 e. The highest BCUT2D eigenvalue weighted by atomic mass is 32.1. The molecular formula is C9H13N5O2S. The fourth-order valence-corrected chi connectivity index (χ4v) is 2.06. The van der Waals surface area contributed by atoms with Crippen LogP contribution in [0.25, 0.3) is 0 Å². The number of nitrogens with one attached hydrogen (secondary N) is 2. The van der Waals surface area contributed by atoms with Crippen LogP contribution >= 0.6 is 11.3 Å². The molecule has 2 heterocycles. The van der Waals surface area contributed by atoms with Crippen molar-refractivity contribution in [1.82, 2.24) is 20.5 Å².